The predicted molar refractivity (Wildman–Crippen MR) is 116 cm³/mol. The van der Waals surface area contributed by atoms with Crippen LogP contribution in [0.5, 0.6) is 0 Å². The van der Waals surface area contributed by atoms with E-state index in [4.69, 9.17) is 9.26 Å². The van der Waals surface area contributed by atoms with E-state index in [1.54, 1.807) is 10.9 Å². The SMILES string of the molecule is CC(C)n1cnc2cc(N3CCN(Cc4noc(C5CCOC5)n4)CC3)ccc2c1=O. The third-order valence-electron chi connectivity index (χ3n) is 6.19. The highest BCUT2D eigenvalue weighted by Crippen LogP contribution is 2.24. The van der Waals surface area contributed by atoms with Crippen molar-refractivity contribution in [3.63, 3.8) is 0 Å². The summed E-state index contributed by atoms with van der Waals surface area (Å²) in [6, 6.07) is 6.05. The van der Waals surface area contributed by atoms with Gasteiger partial charge in [0.15, 0.2) is 5.82 Å². The van der Waals surface area contributed by atoms with E-state index in [0.717, 1.165) is 56.2 Å². The quantitative estimate of drug-likeness (QED) is 0.616. The average molecular weight is 425 g/mol. The summed E-state index contributed by atoms with van der Waals surface area (Å²) in [5.74, 6) is 1.68. The molecule has 2 aliphatic heterocycles. The third-order valence-corrected chi connectivity index (χ3v) is 6.19. The van der Waals surface area contributed by atoms with Crippen LogP contribution >= 0.6 is 0 Å². The molecule has 0 saturated carbocycles. The largest absolute Gasteiger partial charge is 0.381 e. The first-order valence-electron chi connectivity index (χ1n) is 11.0. The molecule has 164 valence electrons. The van der Waals surface area contributed by atoms with Crippen molar-refractivity contribution in [3.05, 3.63) is 46.6 Å². The lowest BCUT2D eigenvalue weighted by molar-refractivity contribution is 0.189. The van der Waals surface area contributed by atoms with Gasteiger partial charge in [-0.15, -0.1) is 0 Å². The molecule has 2 fully saturated rings. The van der Waals surface area contributed by atoms with Crippen LogP contribution in [0.2, 0.25) is 0 Å². The summed E-state index contributed by atoms with van der Waals surface area (Å²) in [7, 11) is 0. The van der Waals surface area contributed by atoms with Crippen LogP contribution in [0.4, 0.5) is 5.69 Å². The van der Waals surface area contributed by atoms with Crippen LogP contribution in [-0.2, 0) is 11.3 Å². The van der Waals surface area contributed by atoms with E-state index in [1.165, 1.54) is 0 Å². The monoisotopic (exact) mass is 424 g/mol. The van der Waals surface area contributed by atoms with Crippen LogP contribution in [0, 0.1) is 0 Å². The molecule has 31 heavy (non-hydrogen) atoms. The molecule has 3 aromatic rings. The molecule has 2 aliphatic rings. The van der Waals surface area contributed by atoms with Crippen LogP contribution in [-0.4, -0.2) is 64.0 Å². The minimum atomic E-state index is 0.0139. The summed E-state index contributed by atoms with van der Waals surface area (Å²) >= 11 is 0. The summed E-state index contributed by atoms with van der Waals surface area (Å²) in [5.41, 5.74) is 1.86. The number of benzene rings is 1. The van der Waals surface area contributed by atoms with Crippen molar-refractivity contribution in [2.75, 3.05) is 44.3 Å². The van der Waals surface area contributed by atoms with Gasteiger partial charge in [-0.1, -0.05) is 5.16 Å². The highest BCUT2D eigenvalue weighted by atomic mass is 16.5. The fraction of sp³-hybridized carbons (Fsp3) is 0.545. The maximum Gasteiger partial charge on any atom is 0.261 e. The van der Waals surface area contributed by atoms with E-state index < -0.39 is 0 Å². The summed E-state index contributed by atoms with van der Waals surface area (Å²) in [6.45, 7) is 9.73. The predicted octanol–water partition coefficient (Wildman–Crippen LogP) is 2.19. The molecule has 9 heteroatoms. The van der Waals surface area contributed by atoms with Crippen molar-refractivity contribution in [1.82, 2.24) is 24.6 Å². The molecule has 0 aliphatic carbocycles. The fourth-order valence-electron chi connectivity index (χ4n) is 4.28. The van der Waals surface area contributed by atoms with Crippen LogP contribution in [0.15, 0.2) is 33.8 Å². The zero-order valence-electron chi connectivity index (χ0n) is 18.0. The van der Waals surface area contributed by atoms with E-state index in [9.17, 15) is 4.79 Å². The van der Waals surface area contributed by atoms with Crippen molar-refractivity contribution >= 4 is 16.6 Å². The summed E-state index contributed by atoms with van der Waals surface area (Å²) in [5, 5.41) is 4.82. The number of hydrogen-bond acceptors (Lipinski definition) is 8. The number of piperazine rings is 1. The molecule has 1 unspecified atom stereocenters. The van der Waals surface area contributed by atoms with E-state index in [-0.39, 0.29) is 17.5 Å². The number of anilines is 1. The molecule has 0 radical (unpaired) electrons. The number of nitrogens with zero attached hydrogens (tertiary/aromatic N) is 6. The second kappa shape index (κ2) is 8.39. The second-order valence-corrected chi connectivity index (χ2v) is 8.62. The molecule has 2 aromatic heterocycles. The first-order valence-corrected chi connectivity index (χ1v) is 11.0. The van der Waals surface area contributed by atoms with Crippen LogP contribution in [0.3, 0.4) is 0 Å². The Morgan fingerprint density at radius 2 is 2.03 bits per heavy atom. The minimum absolute atomic E-state index is 0.0139. The molecule has 1 atom stereocenters. The Labute approximate surface area is 180 Å². The van der Waals surface area contributed by atoms with Gasteiger partial charge in [-0.3, -0.25) is 14.3 Å². The molecule has 0 amide bonds. The zero-order valence-corrected chi connectivity index (χ0v) is 18.0. The van der Waals surface area contributed by atoms with Crippen molar-refractivity contribution in [2.45, 2.75) is 38.8 Å². The van der Waals surface area contributed by atoms with Gasteiger partial charge >= 0.3 is 0 Å². The zero-order chi connectivity index (χ0) is 21.4. The molecule has 0 N–H and O–H groups in total. The van der Waals surface area contributed by atoms with E-state index >= 15 is 0 Å². The molecular weight excluding hydrogens is 396 g/mol. The van der Waals surface area contributed by atoms with Gasteiger partial charge < -0.3 is 14.2 Å². The highest BCUT2D eigenvalue weighted by Gasteiger charge is 2.25. The van der Waals surface area contributed by atoms with Gasteiger partial charge in [0.2, 0.25) is 5.89 Å². The van der Waals surface area contributed by atoms with Gasteiger partial charge in [0, 0.05) is 44.5 Å². The third kappa shape index (κ3) is 4.07. The number of hydrogen-bond donors (Lipinski definition) is 0. The lowest BCUT2D eigenvalue weighted by Crippen LogP contribution is -2.46. The lowest BCUT2D eigenvalue weighted by atomic mass is 10.1. The van der Waals surface area contributed by atoms with Crippen LogP contribution in [0.25, 0.3) is 10.9 Å². The van der Waals surface area contributed by atoms with Gasteiger partial charge in [-0.25, -0.2) is 4.98 Å². The van der Waals surface area contributed by atoms with E-state index in [1.807, 2.05) is 32.0 Å². The normalized spacial score (nSPS) is 20.2. The van der Waals surface area contributed by atoms with E-state index in [2.05, 4.69) is 24.9 Å². The van der Waals surface area contributed by atoms with Crippen molar-refractivity contribution in [2.24, 2.45) is 0 Å². The Kier molecular flexibility index (Phi) is 5.45. The Morgan fingerprint density at radius 3 is 2.77 bits per heavy atom. The summed E-state index contributed by atoms with van der Waals surface area (Å²) in [4.78, 5) is 26.4. The van der Waals surface area contributed by atoms with Gasteiger partial charge in [0.1, 0.15) is 0 Å². The summed E-state index contributed by atoms with van der Waals surface area (Å²) in [6.07, 6.45) is 2.60. The molecule has 9 nitrogen and oxygen atoms in total. The van der Waals surface area contributed by atoms with Gasteiger partial charge in [0.25, 0.3) is 5.56 Å². The Morgan fingerprint density at radius 1 is 1.19 bits per heavy atom. The standard InChI is InChI=1S/C22H28N6O3/c1-15(2)28-14-23-19-11-17(3-4-18(19)22(28)29)27-8-6-26(7-9-27)12-20-24-21(31-25-20)16-5-10-30-13-16/h3-4,11,14-16H,5-10,12-13H2,1-2H3. The molecule has 0 bridgehead atoms. The van der Waals surface area contributed by atoms with Gasteiger partial charge in [0.05, 0.1) is 36.3 Å². The number of fused-ring (bicyclic) bond motifs is 1. The smallest absolute Gasteiger partial charge is 0.261 e. The molecule has 5 rings (SSSR count). The van der Waals surface area contributed by atoms with Crippen molar-refractivity contribution < 1.29 is 9.26 Å². The van der Waals surface area contributed by atoms with Crippen molar-refractivity contribution in [3.8, 4) is 0 Å². The minimum Gasteiger partial charge on any atom is -0.381 e. The average Bonchev–Trinajstić information content (AvgIpc) is 3.46. The van der Waals surface area contributed by atoms with Crippen molar-refractivity contribution in [1.29, 1.82) is 0 Å². The Balaban J connectivity index is 1.22. The fourth-order valence-corrected chi connectivity index (χ4v) is 4.28. The lowest BCUT2D eigenvalue weighted by Gasteiger charge is -2.35. The molecular formula is C22H28N6O3. The maximum absolute atomic E-state index is 12.6. The topological polar surface area (TPSA) is 89.5 Å². The molecule has 0 spiro atoms. The van der Waals surface area contributed by atoms with Gasteiger partial charge in [-0.05, 0) is 38.5 Å². The number of ether oxygens (including phenoxy) is 1. The molecule has 4 heterocycles. The number of rotatable bonds is 5. The second-order valence-electron chi connectivity index (χ2n) is 8.62. The first kappa shape index (κ1) is 20.1. The summed E-state index contributed by atoms with van der Waals surface area (Å²) < 4.78 is 12.5. The first-order chi connectivity index (χ1) is 15.1. The van der Waals surface area contributed by atoms with E-state index in [0.29, 0.717) is 24.4 Å². The maximum atomic E-state index is 12.6. The highest BCUT2D eigenvalue weighted by molar-refractivity contribution is 5.81. The molecule has 1 aromatic carbocycles. The van der Waals surface area contributed by atoms with Crippen LogP contribution in [0.1, 0.15) is 43.9 Å². The van der Waals surface area contributed by atoms with Crippen LogP contribution < -0.4 is 10.5 Å². The van der Waals surface area contributed by atoms with Gasteiger partial charge in [-0.2, -0.15) is 4.98 Å². The molecule has 2 saturated heterocycles. The Bertz CT molecular complexity index is 1110. The number of aromatic nitrogens is 4. The Hall–Kier alpha value is -2.78.